The van der Waals surface area contributed by atoms with Crippen LogP contribution < -0.4 is 4.43 Å². The second-order valence-electron chi connectivity index (χ2n) is 7.15. The molecule has 0 saturated heterocycles. The molecule has 2 heteroatoms. The van der Waals surface area contributed by atoms with E-state index in [1.165, 1.54) is 27.5 Å². The Bertz CT molecular complexity index is 813. The van der Waals surface area contributed by atoms with Gasteiger partial charge in [0.15, 0.2) is 0 Å². The molecular formula is C21H24OSi. The Kier molecular flexibility index (Phi) is 4.27. The zero-order valence-electron chi connectivity index (χ0n) is 14.4. The summed E-state index contributed by atoms with van der Waals surface area (Å²) in [5, 5.41) is 2.52. The van der Waals surface area contributed by atoms with E-state index in [4.69, 9.17) is 4.43 Å². The van der Waals surface area contributed by atoms with Gasteiger partial charge in [-0.05, 0) is 55.6 Å². The minimum Gasteiger partial charge on any atom is -0.544 e. The highest BCUT2D eigenvalue weighted by atomic mass is 28.4. The van der Waals surface area contributed by atoms with Gasteiger partial charge in [0.1, 0.15) is 5.75 Å². The van der Waals surface area contributed by atoms with Crippen molar-refractivity contribution in [3.8, 4) is 5.75 Å². The summed E-state index contributed by atoms with van der Waals surface area (Å²) in [6.45, 7) is 8.80. The fourth-order valence-corrected chi connectivity index (χ4v) is 3.68. The van der Waals surface area contributed by atoms with Crippen molar-refractivity contribution in [2.75, 3.05) is 0 Å². The van der Waals surface area contributed by atoms with Gasteiger partial charge in [0.2, 0.25) is 8.32 Å². The van der Waals surface area contributed by atoms with Crippen LogP contribution in [0.4, 0.5) is 0 Å². The minimum absolute atomic E-state index is 0.952. The van der Waals surface area contributed by atoms with Crippen LogP contribution in [0.1, 0.15) is 16.7 Å². The van der Waals surface area contributed by atoms with Crippen molar-refractivity contribution in [3.05, 3.63) is 77.4 Å². The Morgan fingerprint density at radius 2 is 1.43 bits per heavy atom. The van der Waals surface area contributed by atoms with Crippen LogP contribution >= 0.6 is 0 Å². The lowest BCUT2D eigenvalue weighted by atomic mass is 9.97. The molecule has 0 saturated carbocycles. The lowest BCUT2D eigenvalue weighted by Crippen LogP contribution is -2.29. The highest BCUT2D eigenvalue weighted by molar-refractivity contribution is 6.70. The number of hydrogen-bond donors (Lipinski definition) is 0. The largest absolute Gasteiger partial charge is 0.544 e. The molecule has 0 N–H and O–H groups in total. The molecule has 3 aromatic rings. The smallest absolute Gasteiger partial charge is 0.242 e. The third-order valence-corrected chi connectivity index (χ3v) is 4.74. The van der Waals surface area contributed by atoms with Crippen molar-refractivity contribution in [2.45, 2.75) is 33.0 Å². The lowest BCUT2D eigenvalue weighted by Gasteiger charge is -2.21. The van der Waals surface area contributed by atoms with Gasteiger partial charge in [0.25, 0.3) is 0 Å². The van der Waals surface area contributed by atoms with Gasteiger partial charge < -0.3 is 4.43 Å². The maximum Gasteiger partial charge on any atom is 0.242 e. The highest BCUT2D eigenvalue weighted by Crippen LogP contribution is 2.30. The van der Waals surface area contributed by atoms with Crippen LogP contribution in [0.25, 0.3) is 10.8 Å². The van der Waals surface area contributed by atoms with Crippen molar-refractivity contribution >= 4 is 19.1 Å². The van der Waals surface area contributed by atoms with Gasteiger partial charge in [0.05, 0.1) is 0 Å². The maximum atomic E-state index is 6.27. The van der Waals surface area contributed by atoms with E-state index < -0.39 is 8.32 Å². The van der Waals surface area contributed by atoms with Gasteiger partial charge in [-0.1, -0.05) is 60.2 Å². The van der Waals surface area contributed by atoms with Crippen molar-refractivity contribution < 1.29 is 4.43 Å². The van der Waals surface area contributed by atoms with Crippen LogP contribution in [0.15, 0.2) is 60.7 Å². The van der Waals surface area contributed by atoms with Crippen LogP contribution in [0.5, 0.6) is 5.75 Å². The van der Waals surface area contributed by atoms with Crippen LogP contribution in [-0.2, 0) is 6.42 Å². The zero-order chi connectivity index (χ0) is 16.4. The molecule has 3 aromatic carbocycles. The molecule has 23 heavy (non-hydrogen) atoms. The monoisotopic (exact) mass is 320 g/mol. The summed E-state index contributed by atoms with van der Waals surface area (Å²) in [6.07, 6.45) is 0.952. The number of hydrogen-bond acceptors (Lipinski definition) is 1. The average Bonchev–Trinajstić information content (AvgIpc) is 2.49. The summed E-state index contributed by atoms with van der Waals surface area (Å²) < 4.78 is 6.27. The highest BCUT2D eigenvalue weighted by Gasteiger charge is 2.17. The molecule has 0 aliphatic rings. The van der Waals surface area contributed by atoms with Gasteiger partial charge in [-0.15, -0.1) is 0 Å². The molecule has 0 fully saturated rings. The predicted molar refractivity (Wildman–Crippen MR) is 102 cm³/mol. The van der Waals surface area contributed by atoms with Crippen LogP contribution in [0.3, 0.4) is 0 Å². The van der Waals surface area contributed by atoms with Crippen molar-refractivity contribution in [1.82, 2.24) is 0 Å². The molecule has 1 nitrogen and oxygen atoms in total. The Balaban J connectivity index is 2.01. The standard InChI is InChI=1S/C21H24OSi/c1-16-11-13-17(14-12-16)15-18-7-5-9-20-19(18)8-6-10-21(20)22-23(2,3)4/h5-14H,15H2,1-4H3. The number of rotatable bonds is 4. The molecule has 0 aliphatic heterocycles. The fourth-order valence-electron chi connectivity index (χ4n) is 2.85. The second-order valence-corrected chi connectivity index (χ2v) is 11.6. The Morgan fingerprint density at radius 3 is 2.13 bits per heavy atom. The van der Waals surface area contributed by atoms with Crippen molar-refractivity contribution in [1.29, 1.82) is 0 Å². The predicted octanol–water partition coefficient (Wildman–Crippen LogP) is 5.95. The van der Waals surface area contributed by atoms with Crippen LogP contribution in [-0.4, -0.2) is 8.32 Å². The summed E-state index contributed by atoms with van der Waals surface area (Å²) in [4.78, 5) is 0. The molecule has 0 aromatic heterocycles. The average molecular weight is 321 g/mol. The summed E-state index contributed by atoms with van der Waals surface area (Å²) in [7, 11) is -1.61. The quantitative estimate of drug-likeness (QED) is 0.539. The van der Waals surface area contributed by atoms with E-state index in [1.54, 1.807) is 0 Å². The summed E-state index contributed by atoms with van der Waals surface area (Å²) in [6, 6.07) is 21.7. The molecule has 0 heterocycles. The van der Waals surface area contributed by atoms with Crippen LogP contribution in [0.2, 0.25) is 19.6 Å². The lowest BCUT2D eigenvalue weighted by molar-refractivity contribution is 0.564. The molecule has 0 aliphatic carbocycles. The first-order chi connectivity index (χ1) is 10.9. The summed E-state index contributed by atoms with van der Waals surface area (Å²) in [5.74, 6) is 1.02. The molecule has 0 spiro atoms. The van der Waals surface area contributed by atoms with E-state index in [2.05, 4.69) is 87.2 Å². The number of benzene rings is 3. The number of fused-ring (bicyclic) bond motifs is 1. The first-order valence-electron chi connectivity index (χ1n) is 8.17. The summed E-state index contributed by atoms with van der Waals surface area (Å²) >= 11 is 0. The molecule has 0 amide bonds. The van der Waals surface area contributed by atoms with E-state index >= 15 is 0 Å². The Labute approximate surface area is 140 Å². The molecule has 0 bridgehead atoms. The van der Waals surface area contributed by atoms with Crippen molar-refractivity contribution in [3.63, 3.8) is 0 Å². The zero-order valence-corrected chi connectivity index (χ0v) is 15.4. The maximum absolute atomic E-state index is 6.27. The van der Waals surface area contributed by atoms with Gasteiger partial charge in [0, 0.05) is 5.39 Å². The first-order valence-corrected chi connectivity index (χ1v) is 11.6. The van der Waals surface area contributed by atoms with Gasteiger partial charge in [-0.25, -0.2) is 0 Å². The third kappa shape index (κ3) is 3.83. The van der Waals surface area contributed by atoms with E-state index in [-0.39, 0.29) is 0 Å². The Morgan fingerprint density at radius 1 is 0.783 bits per heavy atom. The normalized spacial score (nSPS) is 11.7. The van der Waals surface area contributed by atoms with Gasteiger partial charge in [-0.3, -0.25) is 0 Å². The van der Waals surface area contributed by atoms with E-state index in [0.717, 1.165) is 12.2 Å². The molecular weight excluding hydrogens is 296 g/mol. The molecule has 0 unspecified atom stereocenters. The molecule has 3 rings (SSSR count). The van der Waals surface area contributed by atoms with E-state index in [1.807, 2.05) is 0 Å². The van der Waals surface area contributed by atoms with Gasteiger partial charge >= 0.3 is 0 Å². The molecule has 118 valence electrons. The number of aryl methyl sites for hydroxylation is 1. The van der Waals surface area contributed by atoms with Gasteiger partial charge in [-0.2, -0.15) is 0 Å². The summed E-state index contributed by atoms with van der Waals surface area (Å²) in [5.41, 5.74) is 4.00. The topological polar surface area (TPSA) is 9.23 Å². The SMILES string of the molecule is Cc1ccc(Cc2cccc3c(O[Si](C)(C)C)cccc23)cc1. The first kappa shape index (κ1) is 15.8. The second kappa shape index (κ2) is 6.21. The Hall–Kier alpha value is -2.06. The minimum atomic E-state index is -1.61. The fraction of sp³-hybridized carbons (Fsp3) is 0.238. The van der Waals surface area contributed by atoms with Crippen LogP contribution in [0, 0.1) is 6.92 Å². The van der Waals surface area contributed by atoms with E-state index in [0.29, 0.717) is 0 Å². The van der Waals surface area contributed by atoms with E-state index in [9.17, 15) is 0 Å². The molecule has 0 radical (unpaired) electrons. The molecule has 0 atom stereocenters. The third-order valence-electron chi connectivity index (χ3n) is 3.90. The van der Waals surface area contributed by atoms with Crippen molar-refractivity contribution in [2.24, 2.45) is 0 Å².